The number of hydrogen-bond acceptors (Lipinski definition) is 3. The van der Waals surface area contributed by atoms with Crippen molar-refractivity contribution in [1.82, 2.24) is 9.97 Å². The summed E-state index contributed by atoms with van der Waals surface area (Å²) in [5.74, 6) is 0. The molecule has 20 heavy (non-hydrogen) atoms. The van der Waals surface area contributed by atoms with Crippen LogP contribution in [-0.4, -0.2) is 9.97 Å². The van der Waals surface area contributed by atoms with Crippen LogP contribution >= 0.6 is 0 Å². The van der Waals surface area contributed by atoms with Gasteiger partial charge in [0.25, 0.3) is 0 Å². The van der Waals surface area contributed by atoms with Crippen LogP contribution in [0.5, 0.6) is 0 Å². The lowest BCUT2D eigenvalue weighted by atomic mass is 10.1. The van der Waals surface area contributed by atoms with Crippen LogP contribution in [0.3, 0.4) is 0 Å². The van der Waals surface area contributed by atoms with Crippen LogP contribution in [0.2, 0.25) is 0 Å². The molecule has 0 atom stereocenters. The zero-order chi connectivity index (χ0) is 13.9. The van der Waals surface area contributed by atoms with Crippen molar-refractivity contribution in [2.24, 2.45) is 0 Å². The van der Waals surface area contributed by atoms with Gasteiger partial charge in [-0.1, -0.05) is 18.2 Å². The van der Waals surface area contributed by atoms with Gasteiger partial charge in [0.15, 0.2) is 0 Å². The molecular formula is C17H17N3. The minimum Gasteiger partial charge on any atom is -0.380 e. The van der Waals surface area contributed by atoms with E-state index in [1.54, 1.807) is 0 Å². The first kappa shape index (κ1) is 12.6. The smallest absolute Gasteiger partial charge is 0.0725 e. The highest BCUT2D eigenvalue weighted by Crippen LogP contribution is 2.23. The van der Waals surface area contributed by atoms with Gasteiger partial charge < -0.3 is 5.32 Å². The van der Waals surface area contributed by atoms with Crippen molar-refractivity contribution in [3.8, 4) is 0 Å². The molecule has 1 aromatic carbocycles. The summed E-state index contributed by atoms with van der Waals surface area (Å²) in [6.45, 7) is 4.90. The van der Waals surface area contributed by atoms with Crippen LogP contribution in [0.15, 0.2) is 48.8 Å². The highest BCUT2D eigenvalue weighted by Gasteiger charge is 2.04. The van der Waals surface area contributed by atoms with E-state index in [9.17, 15) is 0 Å². The number of pyridine rings is 2. The quantitative estimate of drug-likeness (QED) is 0.779. The number of para-hydroxylation sites is 1. The first-order valence-corrected chi connectivity index (χ1v) is 6.74. The van der Waals surface area contributed by atoms with E-state index < -0.39 is 0 Å². The molecule has 3 heteroatoms. The molecule has 0 saturated carbocycles. The predicted molar refractivity (Wildman–Crippen MR) is 82.8 cm³/mol. The van der Waals surface area contributed by atoms with Gasteiger partial charge in [0, 0.05) is 35.7 Å². The van der Waals surface area contributed by atoms with Gasteiger partial charge in [-0.25, -0.2) is 0 Å². The van der Waals surface area contributed by atoms with E-state index in [-0.39, 0.29) is 0 Å². The summed E-state index contributed by atoms with van der Waals surface area (Å²) in [5, 5.41) is 4.66. The normalized spacial score (nSPS) is 10.7. The lowest BCUT2D eigenvalue weighted by Gasteiger charge is -2.12. The second-order valence-electron chi connectivity index (χ2n) is 4.98. The Balaban J connectivity index is 1.93. The van der Waals surface area contributed by atoms with E-state index in [0.717, 1.165) is 28.8 Å². The third kappa shape index (κ3) is 2.48. The van der Waals surface area contributed by atoms with Crippen molar-refractivity contribution in [2.45, 2.75) is 20.4 Å². The van der Waals surface area contributed by atoms with Crippen LogP contribution in [0.4, 0.5) is 5.69 Å². The van der Waals surface area contributed by atoms with Crippen LogP contribution in [0.1, 0.15) is 16.8 Å². The van der Waals surface area contributed by atoms with Gasteiger partial charge in [0.05, 0.1) is 5.52 Å². The van der Waals surface area contributed by atoms with Crippen LogP contribution in [0, 0.1) is 13.8 Å². The molecule has 0 bridgehead atoms. The SMILES string of the molecule is Cc1cc(NCc2cnccc2C)c2ccccc2n1. The molecule has 0 radical (unpaired) electrons. The maximum atomic E-state index is 4.56. The van der Waals surface area contributed by atoms with Crippen molar-refractivity contribution >= 4 is 16.6 Å². The number of nitrogens with one attached hydrogen (secondary N) is 1. The average Bonchev–Trinajstić information content (AvgIpc) is 2.46. The van der Waals surface area contributed by atoms with E-state index in [0.29, 0.717) is 0 Å². The predicted octanol–water partition coefficient (Wildman–Crippen LogP) is 3.86. The number of anilines is 1. The van der Waals surface area contributed by atoms with Crippen LogP contribution in [0.25, 0.3) is 10.9 Å². The molecule has 0 spiro atoms. The number of benzene rings is 1. The molecule has 0 aliphatic carbocycles. The van der Waals surface area contributed by atoms with Gasteiger partial charge in [0.2, 0.25) is 0 Å². The molecule has 0 saturated heterocycles. The molecular weight excluding hydrogens is 246 g/mol. The van der Waals surface area contributed by atoms with Gasteiger partial charge in [-0.3, -0.25) is 9.97 Å². The van der Waals surface area contributed by atoms with E-state index >= 15 is 0 Å². The highest BCUT2D eigenvalue weighted by atomic mass is 14.9. The summed E-state index contributed by atoms with van der Waals surface area (Å²) < 4.78 is 0. The number of aromatic nitrogens is 2. The fraction of sp³-hybridized carbons (Fsp3) is 0.176. The van der Waals surface area contributed by atoms with Crippen molar-refractivity contribution in [3.63, 3.8) is 0 Å². The number of aryl methyl sites for hydroxylation is 2. The molecule has 3 rings (SSSR count). The Labute approximate surface area is 118 Å². The summed E-state index contributed by atoms with van der Waals surface area (Å²) in [7, 11) is 0. The Morgan fingerprint density at radius 3 is 2.80 bits per heavy atom. The summed E-state index contributed by atoms with van der Waals surface area (Å²) in [4.78, 5) is 8.74. The summed E-state index contributed by atoms with van der Waals surface area (Å²) in [6, 6.07) is 12.3. The average molecular weight is 263 g/mol. The molecule has 0 aliphatic heterocycles. The Kier molecular flexibility index (Phi) is 3.33. The van der Waals surface area contributed by atoms with Crippen LogP contribution < -0.4 is 5.32 Å². The molecule has 0 fully saturated rings. The summed E-state index contributed by atoms with van der Waals surface area (Å²) >= 11 is 0. The monoisotopic (exact) mass is 263 g/mol. The number of fused-ring (bicyclic) bond motifs is 1. The van der Waals surface area contributed by atoms with Crippen molar-refractivity contribution < 1.29 is 0 Å². The zero-order valence-corrected chi connectivity index (χ0v) is 11.7. The Morgan fingerprint density at radius 2 is 1.95 bits per heavy atom. The first-order valence-electron chi connectivity index (χ1n) is 6.74. The minimum atomic E-state index is 0.771. The third-order valence-corrected chi connectivity index (χ3v) is 3.46. The summed E-state index contributed by atoms with van der Waals surface area (Å²) in [6.07, 6.45) is 3.74. The number of nitrogens with zero attached hydrogens (tertiary/aromatic N) is 2. The van der Waals surface area contributed by atoms with E-state index in [4.69, 9.17) is 0 Å². The largest absolute Gasteiger partial charge is 0.380 e. The maximum absolute atomic E-state index is 4.56. The Hall–Kier alpha value is -2.42. The van der Waals surface area contributed by atoms with Crippen molar-refractivity contribution in [1.29, 1.82) is 0 Å². The lowest BCUT2D eigenvalue weighted by Crippen LogP contribution is -2.03. The minimum absolute atomic E-state index is 0.771. The van der Waals surface area contributed by atoms with Gasteiger partial charge in [0.1, 0.15) is 0 Å². The van der Waals surface area contributed by atoms with Gasteiger partial charge in [-0.2, -0.15) is 0 Å². The zero-order valence-electron chi connectivity index (χ0n) is 11.7. The third-order valence-electron chi connectivity index (χ3n) is 3.46. The van der Waals surface area contributed by atoms with E-state index in [1.807, 2.05) is 43.6 Å². The van der Waals surface area contributed by atoms with Crippen molar-refractivity contribution in [2.75, 3.05) is 5.32 Å². The van der Waals surface area contributed by atoms with Crippen molar-refractivity contribution in [3.05, 3.63) is 65.6 Å². The maximum Gasteiger partial charge on any atom is 0.0725 e. The second-order valence-corrected chi connectivity index (χ2v) is 4.98. The highest BCUT2D eigenvalue weighted by molar-refractivity contribution is 5.91. The molecule has 1 N–H and O–H groups in total. The van der Waals surface area contributed by atoms with Gasteiger partial charge in [-0.15, -0.1) is 0 Å². The topological polar surface area (TPSA) is 37.8 Å². The summed E-state index contributed by atoms with van der Waals surface area (Å²) in [5.41, 5.74) is 5.64. The lowest BCUT2D eigenvalue weighted by molar-refractivity contribution is 1.08. The second kappa shape index (κ2) is 5.29. The molecule has 3 aromatic rings. The molecule has 2 heterocycles. The van der Waals surface area contributed by atoms with E-state index in [2.05, 4.69) is 34.3 Å². The molecule has 2 aromatic heterocycles. The van der Waals surface area contributed by atoms with Gasteiger partial charge in [-0.05, 0) is 43.2 Å². The first-order chi connectivity index (χ1) is 9.74. The fourth-order valence-corrected chi connectivity index (χ4v) is 2.33. The Morgan fingerprint density at radius 1 is 1.10 bits per heavy atom. The molecule has 3 nitrogen and oxygen atoms in total. The molecule has 0 unspecified atom stereocenters. The molecule has 100 valence electrons. The Bertz CT molecular complexity index is 750. The van der Waals surface area contributed by atoms with Gasteiger partial charge >= 0.3 is 0 Å². The van der Waals surface area contributed by atoms with E-state index in [1.165, 1.54) is 11.1 Å². The number of rotatable bonds is 3. The number of hydrogen-bond donors (Lipinski definition) is 1. The fourth-order valence-electron chi connectivity index (χ4n) is 2.33. The molecule has 0 amide bonds. The molecule has 0 aliphatic rings. The standard InChI is InChI=1S/C17H17N3/c1-12-7-8-18-10-14(12)11-19-17-9-13(2)20-16-6-4-3-5-15(16)17/h3-10H,11H2,1-2H3,(H,19,20). The van der Waals surface area contributed by atoms with Crippen LogP contribution in [-0.2, 0) is 6.54 Å².